The van der Waals surface area contributed by atoms with Crippen LogP contribution in [0.2, 0.25) is 0 Å². The number of hydrogen-bond donors (Lipinski definition) is 0. The van der Waals surface area contributed by atoms with Crippen LogP contribution >= 0.6 is 0 Å². The summed E-state index contributed by atoms with van der Waals surface area (Å²) >= 11 is 0. The highest BCUT2D eigenvalue weighted by Gasteiger charge is 2.53. The summed E-state index contributed by atoms with van der Waals surface area (Å²) in [5.41, 5.74) is 2.74. The molecule has 0 aliphatic carbocycles. The monoisotopic (exact) mass is 281 g/mol. The number of likely N-dealkylation sites (tertiary alicyclic amines) is 1. The summed E-state index contributed by atoms with van der Waals surface area (Å²) in [5, 5.41) is 0. The Bertz CT molecular complexity index is 619. The number of aromatic nitrogens is 3. The first kappa shape index (κ1) is 12.7. The molecule has 0 bridgehead atoms. The molecule has 0 atom stereocenters. The number of pyridine rings is 1. The van der Waals surface area contributed by atoms with Crippen molar-refractivity contribution < 1.29 is 0 Å². The predicted octanol–water partition coefficient (Wildman–Crippen LogP) is 1.64. The molecule has 5 heteroatoms. The summed E-state index contributed by atoms with van der Waals surface area (Å²) in [7, 11) is 0. The van der Waals surface area contributed by atoms with Crippen LogP contribution in [0.5, 0.6) is 0 Å². The highest BCUT2D eigenvalue weighted by atomic mass is 15.4. The Hall–Kier alpha value is -2.01. The molecule has 1 spiro atoms. The Morgan fingerprint density at radius 2 is 2.00 bits per heavy atom. The average Bonchev–Trinajstić information content (AvgIpc) is 2.45. The third-order valence-corrected chi connectivity index (χ3v) is 4.63. The first-order valence-electron chi connectivity index (χ1n) is 7.43. The van der Waals surface area contributed by atoms with Gasteiger partial charge in [-0.2, -0.15) is 0 Å². The molecule has 2 aliphatic heterocycles. The van der Waals surface area contributed by atoms with Gasteiger partial charge in [0.2, 0.25) is 5.95 Å². The largest absolute Gasteiger partial charge is 0.337 e. The lowest BCUT2D eigenvalue weighted by Crippen LogP contribution is -2.76. The fourth-order valence-electron chi connectivity index (χ4n) is 3.26. The Morgan fingerprint density at radius 1 is 1.19 bits per heavy atom. The van der Waals surface area contributed by atoms with Crippen molar-refractivity contribution in [3.63, 3.8) is 0 Å². The van der Waals surface area contributed by atoms with Crippen LogP contribution in [0, 0.1) is 6.92 Å². The van der Waals surface area contributed by atoms with Crippen LogP contribution in [0.25, 0.3) is 0 Å². The Labute approximate surface area is 124 Å². The lowest BCUT2D eigenvalue weighted by atomic mass is 9.77. The van der Waals surface area contributed by atoms with E-state index >= 15 is 0 Å². The minimum absolute atomic E-state index is 0.337. The normalized spacial score (nSPS) is 20.1. The van der Waals surface area contributed by atoms with Crippen LogP contribution in [0.15, 0.2) is 36.9 Å². The van der Waals surface area contributed by atoms with Gasteiger partial charge in [0.25, 0.3) is 0 Å². The molecule has 21 heavy (non-hydrogen) atoms. The maximum Gasteiger partial charge on any atom is 0.225 e. The lowest BCUT2D eigenvalue weighted by molar-refractivity contribution is -0.0438. The zero-order chi connectivity index (χ0) is 14.3. The number of hydrogen-bond acceptors (Lipinski definition) is 5. The molecule has 0 unspecified atom stereocenters. The van der Waals surface area contributed by atoms with Crippen molar-refractivity contribution in [1.29, 1.82) is 0 Å². The first-order chi connectivity index (χ1) is 10.3. The van der Waals surface area contributed by atoms with Crippen LogP contribution in [0.1, 0.15) is 17.5 Å². The molecule has 2 saturated heterocycles. The van der Waals surface area contributed by atoms with Crippen molar-refractivity contribution >= 4 is 5.95 Å². The average molecular weight is 281 g/mol. The highest BCUT2D eigenvalue weighted by Crippen LogP contribution is 2.41. The van der Waals surface area contributed by atoms with Crippen LogP contribution in [-0.4, -0.2) is 45.0 Å². The van der Waals surface area contributed by atoms with Gasteiger partial charge >= 0.3 is 0 Å². The van der Waals surface area contributed by atoms with Gasteiger partial charge in [0.15, 0.2) is 0 Å². The van der Waals surface area contributed by atoms with Gasteiger partial charge in [0, 0.05) is 51.0 Å². The summed E-state index contributed by atoms with van der Waals surface area (Å²) in [6, 6.07) is 4.16. The van der Waals surface area contributed by atoms with Gasteiger partial charge in [-0.25, -0.2) is 9.97 Å². The zero-order valence-corrected chi connectivity index (χ0v) is 12.2. The molecule has 0 radical (unpaired) electrons. The molecule has 2 aliphatic rings. The lowest BCUT2D eigenvalue weighted by Gasteiger charge is -2.62. The third kappa shape index (κ3) is 2.17. The van der Waals surface area contributed by atoms with E-state index in [1.165, 1.54) is 18.5 Å². The molecule has 2 aromatic rings. The molecule has 4 heterocycles. The van der Waals surface area contributed by atoms with E-state index in [1.807, 2.05) is 37.8 Å². The SMILES string of the molecule is Cc1cnc(N2CC3(CCN3Cc3cccnc3)C2)nc1. The maximum absolute atomic E-state index is 4.42. The second-order valence-corrected chi connectivity index (χ2v) is 6.17. The van der Waals surface area contributed by atoms with E-state index < -0.39 is 0 Å². The van der Waals surface area contributed by atoms with E-state index in [9.17, 15) is 0 Å². The molecular formula is C16H19N5. The molecule has 0 saturated carbocycles. The van der Waals surface area contributed by atoms with E-state index in [1.54, 1.807) is 0 Å². The highest BCUT2D eigenvalue weighted by molar-refractivity contribution is 5.40. The molecular weight excluding hydrogens is 262 g/mol. The molecule has 5 nitrogen and oxygen atoms in total. The maximum atomic E-state index is 4.42. The third-order valence-electron chi connectivity index (χ3n) is 4.63. The predicted molar refractivity (Wildman–Crippen MR) is 81.0 cm³/mol. The number of anilines is 1. The van der Waals surface area contributed by atoms with Crippen molar-refractivity contribution in [3.8, 4) is 0 Å². The van der Waals surface area contributed by atoms with Crippen molar-refractivity contribution in [2.75, 3.05) is 24.5 Å². The van der Waals surface area contributed by atoms with Gasteiger partial charge in [0.05, 0.1) is 5.54 Å². The van der Waals surface area contributed by atoms with E-state index in [4.69, 9.17) is 0 Å². The molecule has 4 rings (SSSR count). The molecule has 0 N–H and O–H groups in total. The fraction of sp³-hybridized carbons (Fsp3) is 0.438. The summed E-state index contributed by atoms with van der Waals surface area (Å²) in [4.78, 5) is 17.9. The Morgan fingerprint density at radius 3 is 2.62 bits per heavy atom. The Kier molecular flexibility index (Phi) is 2.89. The first-order valence-corrected chi connectivity index (χ1v) is 7.43. The molecule has 0 amide bonds. The van der Waals surface area contributed by atoms with E-state index in [2.05, 4.69) is 30.8 Å². The van der Waals surface area contributed by atoms with Crippen LogP contribution in [0.4, 0.5) is 5.95 Å². The van der Waals surface area contributed by atoms with Crippen molar-refractivity contribution in [2.45, 2.75) is 25.4 Å². The van der Waals surface area contributed by atoms with Gasteiger partial charge in [-0.15, -0.1) is 0 Å². The van der Waals surface area contributed by atoms with Crippen molar-refractivity contribution in [1.82, 2.24) is 19.9 Å². The summed E-state index contributed by atoms with van der Waals surface area (Å²) in [5.74, 6) is 0.861. The zero-order valence-electron chi connectivity index (χ0n) is 12.2. The number of rotatable bonds is 3. The van der Waals surface area contributed by atoms with Gasteiger partial charge in [-0.05, 0) is 30.5 Å². The van der Waals surface area contributed by atoms with Gasteiger partial charge in [-0.3, -0.25) is 9.88 Å². The minimum Gasteiger partial charge on any atom is -0.337 e. The van der Waals surface area contributed by atoms with Gasteiger partial charge in [-0.1, -0.05) is 6.07 Å². The van der Waals surface area contributed by atoms with Crippen LogP contribution in [0.3, 0.4) is 0 Å². The summed E-state index contributed by atoms with van der Waals surface area (Å²) in [6.45, 7) is 6.27. The standard InChI is InChI=1S/C16H19N5/c1-13-7-18-15(19-8-13)20-11-16(12-20)4-6-21(16)10-14-3-2-5-17-9-14/h2-3,5,7-9H,4,6,10-12H2,1H3. The van der Waals surface area contributed by atoms with E-state index in [-0.39, 0.29) is 0 Å². The van der Waals surface area contributed by atoms with Gasteiger partial charge < -0.3 is 4.90 Å². The topological polar surface area (TPSA) is 45.2 Å². The van der Waals surface area contributed by atoms with Crippen molar-refractivity contribution in [3.05, 3.63) is 48.0 Å². The summed E-state index contributed by atoms with van der Waals surface area (Å²) < 4.78 is 0. The van der Waals surface area contributed by atoms with E-state index in [0.29, 0.717) is 5.54 Å². The second kappa shape index (κ2) is 4.77. The molecule has 2 fully saturated rings. The van der Waals surface area contributed by atoms with Crippen LogP contribution in [-0.2, 0) is 6.54 Å². The smallest absolute Gasteiger partial charge is 0.225 e. The number of aryl methyl sites for hydroxylation is 1. The molecule has 108 valence electrons. The Balaban J connectivity index is 1.41. The quantitative estimate of drug-likeness (QED) is 0.856. The van der Waals surface area contributed by atoms with Gasteiger partial charge in [0.1, 0.15) is 0 Å². The number of nitrogens with zero attached hydrogens (tertiary/aromatic N) is 5. The molecule has 0 aromatic carbocycles. The second-order valence-electron chi connectivity index (χ2n) is 6.17. The minimum atomic E-state index is 0.337. The van der Waals surface area contributed by atoms with Crippen molar-refractivity contribution in [2.24, 2.45) is 0 Å². The van der Waals surface area contributed by atoms with E-state index in [0.717, 1.165) is 31.1 Å². The van der Waals surface area contributed by atoms with Crippen LogP contribution < -0.4 is 4.90 Å². The summed E-state index contributed by atoms with van der Waals surface area (Å²) in [6.07, 6.45) is 8.85. The fourth-order valence-corrected chi connectivity index (χ4v) is 3.26. The molecule has 2 aromatic heterocycles.